The first-order valence-electron chi connectivity index (χ1n) is 11.6. The Balaban J connectivity index is 1.57. The maximum absolute atomic E-state index is 14.2. The Hall–Kier alpha value is -2.94. The molecular weight excluding hydrogens is 524 g/mol. The topological polar surface area (TPSA) is 69.3 Å². The largest absolute Gasteiger partial charge is 0.363 e. The molecule has 1 unspecified atom stereocenters. The Morgan fingerprint density at radius 2 is 1.69 bits per heavy atom. The standard InChI is InChI=1S/C27H27BrN4O2S/c28-23-11-12-26-27(16-23)35(33,34)32(14-13-21-7-3-1-4-8-21)25(15-22-9-5-2-6-10-22)19-31(26)18-24-17-29-20-30-24/h1-12,16-17,20,25H,13-15,18-19H2,(H,29,30). The zero-order chi connectivity index (χ0) is 24.3. The Labute approximate surface area is 214 Å². The minimum atomic E-state index is -3.76. The van der Waals surface area contributed by atoms with Gasteiger partial charge in [-0.15, -0.1) is 0 Å². The molecule has 0 aliphatic carbocycles. The predicted molar refractivity (Wildman–Crippen MR) is 142 cm³/mol. The summed E-state index contributed by atoms with van der Waals surface area (Å²) in [5.74, 6) is 0. The molecule has 4 aromatic rings. The van der Waals surface area contributed by atoms with E-state index < -0.39 is 10.0 Å². The number of rotatable bonds is 7. The van der Waals surface area contributed by atoms with Gasteiger partial charge in [0.25, 0.3) is 0 Å². The summed E-state index contributed by atoms with van der Waals surface area (Å²) >= 11 is 3.50. The lowest BCUT2D eigenvalue weighted by Gasteiger charge is -2.31. The zero-order valence-electron chi connectivity index (χ0n) is 19.2. The molecule has 1 N–H and O–H groups in total. The van der Waals surface area contributed by atoms with Crippen molar-refractivity contribution in [1.29, 1.82) is 0 Å². The molecule has 1 aliphatic heterocycles. The number of halogens is 1. The van der Waals surface area contributed by atoms with Gasteiger partial charge in [-0.1, -0.05) is 76.6 Å². The highest BCUT2D eigenvalue weighted by Gasteiger charge is 2.38. The number of imidazole rings is 1. The number of sulfonamides is 1. The Morgan fingerprint density at radius 1 is 0.971 bits per heavy atom. The minimum Gasteiger partial charge on any atom is -0.363 e. The summed E-state index contributed by atoms with van der Waals surface area (Å²) in [6.45, 7) is 1.52. The fourth-order valence-corrected chi connectivity index (χ4v) is 7.06. The quantitative estimate of drug-likeness (QED) is 0.350. The molecule has 0 spiro atoms. The van der Waals surface area contributed by atoms with Crippen LogP contribution in [0.5, 0.6) is 0 Å². The van der Waals surface area contributed by atoms with Crippen LogP contribution < -0.4 is 4.90 Å². The third-order valence-electron chi connectivity index (χ3n) is 6.38. The molecule has 1 aliphatic rings. The van der Waals surface area contributed by atoms with Crippen molar-refractivity contribution in [3.63, 3.8) is 0 Å². The normalized spacial score (nSPS) is 17.6. The second-order valence-electron chi connectivity index (χ2n) is 8.76. The van der Waals surface area contributed by atoms with Crippen molar-refractivity contribution in [2.24, 2.45) is 0 Å². The molecule has 1 aromatic heterocycles. The van der Waals surface area contributed by atoms with E-state index in [4.69, 9.17) is 0 Å². The molecule has 1 atom stereocenters. The lowest BCUT2D eigenvalue weighted by molar-refractivity contribution is 0.323. The lowest BCUT2D eigenvalue weighted by Crippen LogP contribution is -2.46. The van der Waals surface area contributed by atoms with Crippen LogP contribution in [0, 0.1) is 0 Å². The molecule has 5 rings (SSSR count). The number of nitrogens with one attached hydrogen (secondary N) is 1. The number of benzene rings is 3. The highest BCUT2D eigenvalue weighted by molar-refractivity contribution is 9.10. The second kappa shape index (κ2) is 10.4. The Bertz CT molecular complexity index is 1360. The van der Waals surface area contributed by atoms with Crippen molar-refractivity contribution in [3.05, 3.63) is 113 Å². The van der Waals surface area contributed by atoms with Crippen molar-refractivity contribution in [3.8, 4) is 0 Å². The Morgan fingerprint density at radius 3 is 2.37 bits per heavy atom. The van der Waals surface area contributed by atoms with Crippen LogP contribution in [-0.2, 0) is 29.4 Å². The molecule has 6 nitrogen and oxygen atoms in total. The maximum atomic E-state index is 14.2. The van der Waals surface area contributed by atoms with Crippen LogP contribution in [0.3, 0.4) is 0 Å². The number of H-pyrrole nitrogens is 1. The highest BCUT2D eigenvalue weighted by atomic mass is 79.9. The van der Waals surface area contributed by atoms with Crippen molar-refractivity contribution in [2.45, 2.75) is 30.3 Å². The van der Waals surface area contributed by atoms with Crippen molar-refractivity contribution in [2.75, 3.05) is 18.0 Å². The van der Waals surface area contributed by atoms with E-state index >= 15 is 0 Å². The van der Waals surface area contributed by atoms with Crippen molar-refractivity contribution in [1.82, 2.24) is 14.3 Å². The van der Waals surface area contributed by atoms with Crippen molar-refractivity contribution < 1.29 is 8.42 Å². The summed E-state index contributed by atoms with van der Waals surface area (Å²) in [5.41, 5.74) is 3.88. The van der Waals surface area contributed by atoms with Crippen LogP contribution in [0.1, 0.15) is 16.8 Å². The number of hydrogen-bond acceptors (Lipinski definition) is 4. The fourth-order valence-electron chi connectivity index (χ4n) is 4.69. The van der Waals surface area contributed by atoms with Gasteiger partial charge in [0.15, 0.2) is 0 Å². The predicted octanol–water partition coefficient (Wildman–Crippen LogP) is 5.04. The van der Waals surface area contributed by atoms with Gasteiger partial charge in [-0.3, -0.25) is 0 Å². The van der Waals surface area contributed by atoms with Gasteiger partial charge in [0.1, 0.15) is 4.90 Å². The van der Waals surface area contributed by atoms with Crippen LogP contribution in [-0.4, -0.2) is 41.8 Å². The van der Waals surface area contributed by atoms with E-state index in [2.05, 4.69) is 42.9 Å². The average molecular weight is 552 g/mol. The molecule has 0 amide bonds. The smallest absolute Gasteiger partial charge is 0.245 e. The Kier molecular flexibility index (Phi) is 7.04. The van der Waals surface area contributed by atoms with Gasteiger partial charge in [0.2, 0.25) is 10.0 Å². The van der Waals surface area contributed by atoms with Gasteiger partial charge in [0, 0.05) is 29.8 Å². The van der Waals surface area contributed by atoms with E-state index in [-0.39, 0.29) is 6.04 Å². The van der Waals surface area contributed by atoms with Gasteiger partial charge in [-0.2, -0.15) is 4.31 Å². The molecule has 0 saturated carbocycles. The van der Waals surface area contributed by atoms with E-state index in [0.717, 1.165) is 21.3 Å². The third kappa shape index (κ3) is 5.34. The lowest BCUT2D eigenvalue weighted by atomic mass is 10.0. The number of anilines is 1. The summed E-state index contributed by atoms with van der Waals surface area (Å²) in [6.07, 6.45) is 4.72. The van der Waals surface area contributed by atoms with E-state index in [0.29, 0.717) is 43.1 Å². The van der Waals surface area contributed by atoms with Crippen molar-refractivity contribution >= 4 is 31.6 Å². The summed E-state index contributed by atoms with van der Waals surface area (Å²) in [5, 5.41) is 0. The van der Waals surface area contributed by atoms with Gasteiger partial charge < -0.3 is 9.88 Å². The fraction of sp³-hybridized carbons (Fsp3) is 0.222. The molecular formula is C27H27BrN4O2S. The third-order valence-corrected chi connectivity index (χ3v) is 8.86. The van der Waals surface area contributed by atoms with Crippen LogP contribution in [0.15, 0.2) is 101 Å². The minimum absolute atomic E-state index is 0.236. The zero-order valence-corrected chi connectivity index (χ0v) is 21.6. The maximum Gasteiger partial charge on any atom is 0.245 e. The highest BCUT2D eigenvalue weighted by Crippen LogP contribution is 2.36. The first-order chi connectivity index (χ1) is 17.0. The second-order valence-corrected chi connectivity index (χ2v) is 11.5. The van der Waals surface area contributed by atoms with Gasteiger partial charge in [-0.25, -0.2) is 13.4 Å². The molecule has 0 radical (unpaired) electrons. The molecule has 2 heterocycles. The summed E-state index contributed by atoms with van der Waals surface area (Å²) in [7, 11) is -3.76. The van der Waals surface area contributed by atoms with Crippen LogP contribution in [0.2, 0.25) is 0 Å². The summed E-state index contributed by atoms with van der Waals surface area (Å²) in [6, 6.07) is 25.5. The molecule has 180 valence electrons. The number of aromatic nitrogens is 2. The molecule has 8 heteroatoms. The number of aromatic amines is 1. The van der Waals surface area contributed by atoms with Gasteiger partial charge in [0.05, 0.1) is 24.3 Å². The number of fused-ring (bicyclic) bond motifs is 1. The summed E-state index contributed by atoms with van der Waals surface area (Å²) in [4.78, 5) is 9.81. The van der Waals surface area contributed by atoms with E-state index in [9.17, 15) is 8.42 Å². The van der Waals surface area contributed by atoms with Gasteiger partial charge >= 0.3 is 0 Å². The molecule has 0 saturated heterocycles. The van der Waals surface area contributed by atoms with Crippen LogP contribution in [0.25, 0.3) is 0 Å². The molecule has 35 heavy (non-hydrogen) atoms. The van der Waals surface area contributed by atoms with Gasteiger partial charge in [-0.05, 0) is 42.2 Å². The molecule has 3 aromatic carbocycles. The number of nitrogens with zero attached hydrogens (tertiary/aromatic N) is 3. The summed E-state index contributed by atoms with van der Waals surface area (Å²) < 4.78 is 30.9. The van der Waals surface area contributed by atoms with E-state index in [1.165, 1.54) is 0 Å². The molecule has 0 bridgehead atoms. The SMILES string of the molecule is O=S1(=O)c2cc(Br)ccc2N(Cc2cnc[nH]2)CC(Cc2ccccc2)N1CCc1ccccc1. The number of hydrogen-bond donors (Lipinski definition) is 1. The van der Waals surface area contributed by atoms with E-state index in [1.54, 1.807) is 22.9 Å². The van der Waals surface area contributed by atoms with E-state index in [1.807, 2.05) is 60.7 Å². The first kappa shape index (κ1) is 23.8. The molecule has 0 fully saturated rings. The average Bonchev–Trinajstić information content (AvgIpc) is 3.35. The van der Waals surface area contributed by atoms with Crippen LogP contribution in [0.4, 0.5) is 5.69 Å². The van der Waals surface area contributed by atoms with Crippen LogP contribution >= 0.6 is 15.9 Å². The first-order valence-corrected chi connectivity index (χ1v) is 13.9. The monoisotopic (exact) mass is 550 g/mol.